The first kappa shape index (κ1) is 18.0. The monoisotopic (exact) mass is 412 g/mol. The van der Waals surface area contributed by atoms with E-state index in [4.69, 9.17) is 0 Å². The standard InChI is InChI=1S/C17H19BrF2N4O/c1-2-24-16(13(18)10-21-24)17(25)23-8-6-22(7-9-23)11-12-4-3-5-14(19)15(12)20/h3-5,10H,2,6-9,11H2,1H3. The van der Waals surface area contributed by atoms with Crippen LogP contribution in [0.15, 0.2) is 28.9 Å². The number of aryl methyl sites for hydroxylation is 1. The van der Waals surface area contributed by atoms with Crippen LogP contribution in [0.5, 0.6) is 0 Å². The summed E-state index contributed by atoms with van der Waals surface area (Å²) in [6.45, 7) is 5.18. The molecule has 1 saturated heterocycles. The number of aromatic nitrogens is 2. The van der Waals surface area contributed by atoms with Crippen LogP contribution in [0.25, 0.3) is 0 Å². The molecule has 0 N–H and O–H groups in total. The Hall–Kier alpha value is -1.80. The van der Waals surface area contributed by atoms with E-state index >= 15 is 0 Å². The average molecular weight is 413 g/mol. The van der Waals surface area contributed by atoms with Crippen molar-refractivity contribution in [3.8, 4) is 0 Å². The molecule has 1 aliphatic heterocycles. The highest BCUT2D eigenvalue weighted by Crippen LogP contribution is 2.20. The second kappa shape index (κ2) is 7.61. The van der Waals surface area contributed by atoms with E-state index in [1.54, 1.807) is 21.8 Å². The van der Waals surface area contributed by atoms with Crippen molar-refractivity contribution >= 4 is 21.8 Å². The van der Waals surface area contributed by atoms with Gasteiger partial charge < -0.3 is 4.90 Å². The van der Waals surface area contributed by atoms with Gasteiger partial charge in [0.1, 0.15) is 5.69 Å². The van der Waals surface area contributed by atoms with Crippen molar-refractivity contribution in [2.75, 3.05) is 26.2 Å². The molecule has 0 unspecified atom stereocenters. The summed E-state index contributed by atoms with van der Waals surface area (Å²) in [5, 5.41) is 4.17. The van der Waals surface area contributed by atoms with Gasteiger partial charge in [0.15, 0.2) is 11.6 Å². The Morgan fingerprint density at radius 1 is 1.24 bits per heavy atom. The van der Waals surface area contributed by atoms with Crippen molar-refractivity contribution in [2.24, 2.45) is 0 Å². The van der Waals surface area contributed by atoms with Gasteiger partial charge in [0, 0.05) is 44.8 Å². The number of hydrogen-bond donors (Lipinski definition) is 0. The van der Waals surface area contributed by atoms with Gasteiger partial charge in [-0.2, -0.15) is 5.10 Å². The van der Waals surface area contributed by atoms with Gasteiger partial charge in [-0.1, -0.05) is 12.1 Å². The molecule has 1 aliphatic rings. The molecule has 0 aliphatic carbocycles. The number of nitrogens with zero attached hydrogens (tertiary/aromatic N) is 4. The zero-order chi connectivity index (χ0) is 18.0. The predicted octanol–water partition coefficient (Wildman–Crippen LogP) is 2.90. The molecule has 1 aromatic carbocycles. The summed E-state index contributed by atoms with van der Waals surface area (Å²) >= 11 is 3.38. The van der Waals surface area contributed by atoms with E-state index in [2.05, 4.69) is 21.0 Å². The minimum atomic E-state index is -0.830. The third-order valence-corrected chi connectivity index (χ3v) is 4.96. The number of carbonyl (C=O) groups is 1. The van der Waals surface area contributed by atoms with Gasteiger partial charge in [0.05, 0.1) is 10.7 Å². The Kier molecular flexibility index (Phi) is 5.48. The zero-order valence-electron chi connectivity index (χ0n) is 13.9. The van der Waals surface area contributed by atoms with Crippen LogP contribution in [0, 0.1) is 11.6 Å². The van der Waals surface area contributed by atoms with E-state index in [1.165, 1.54) is 6.07 Å². The summed E-state index contributed by atoms with van der Waals surface area (Å²) in [5.41, 5.74) is 0.888. The molecule has 25 heavy (non-hydrogen) atoms. The Balaban J connectivity index is 1.63. The van der Waals surface area contributed by atoms with E-state index < -0.39 is 11.6 Å². The van der Waals surface area contributed by atoms with Crippen molar-refractivity contribution in [3.63, 3.8) is 0 Å². The SMILES string of the molecule is CCn1ncc(Br)c1C(=O)N1CCN(Cc2cccc(F)c2F)CC1. The molecule has 134 valence electrons. The molecule has 0 radical (unpaired) electrons. The fraction of sp³-hybridized carbons (Fsp3) is 0.412. The number of carbonyl (C=O) groups excluding carboxylic acids is 1. The molecule has 8 heteroatoms. The minimum absolute atomic E-state index is 0.0668. The smallest absolute Gasteiger partial charge is 0.273 e. The highest BCUT2D eigenvalue weighted by atomic mass is 79.9. The van der Waals surface area contributed by atoms with Gasteiger partial charge in [-0.3, -0.25) is 14.4 Å². The number of amides is 1. The lowest BCUT2D eigenvalue weighted by molar-refractivity contribution is 0.0614. The van der Waals surface area contributed by atoms with Gasteiger partial charge in [-0.15, -0.1) is 0 Å². The van der Waals surface area contributed by atoms with Gasteiger partial charge in [0.25, 0.3) is 5.91 Å². The van der Waals surface area contributed by atoms with Crippen molar-refractivity contribution in [1.82, 2.24) is 19.6 Å². The first-order valence-corrected chi connectivity index (χ1v) is 8.96. The summed E-state index contributed by atoms with van der Waals surface area (Å²) in [4.78, 5) is 16.5. The number of piperazine rings is 1. The zero-order valence-corrected chi connectivity index (χ0v) is 15.5. The first-order valence-electron chi connectivity index (χ1n) is 8.17. The first-order chi connectivity index (χ1) is 12.0. The molecule has 3 rings (SSSR count). The Morgan fingerprint density at radius 2 is 1.96 bits per heavy atom. The fourth-order valence-electron chi connectivity index (χ4n) is 2.99. The van der Waals surface area contributed by atoms with Crippen molar-refractivity contribution < 1.29 is 13.6 Å². The molecular weight excluding hydrogens is 394 g/mol. The normalized spacial score (nSPS) is 15.6. The van der Waals surface area contributed by atoms with E-state index in [0.29, 0.717) is 55.0 Å². The summed E-state index contributed by atoms with van der Waals surface area (Å²) in [6, 6.07) is 4.22. The van der Waals surface area contributed by atoms with E-state index in [0.717, 1.165) is 6.07 Å². The van der Waals surface area contributed by atoms with Crippen molar-refractivity contribution in [2.45, 2.75) is 20.0 Å². The summed E-state index contributed by atoms with van der Waals surface area (Å²) < 4.78 is 29.5. The van der Waals surface area contributed by atoms with Crippen LogP contribution >= 0.6 is 15.9 Å². The van der Waals surface area contributed by atoms with Gasteiger partial charge in [-0.25, -0.2) is 8.78 Å². The predicted molar refractivity (Wildman–Crippen MR) is 93.1 cm³/mol. The summed E-state index contributed by atoms with van der Waals surface area (Å²) in [7, 11) is 0. The third-order valence-electron chi connectivity index (χ3n) is 4.38. The van der Waals surface area contributed by atoms with Gasteiger partial charge >= 0.3 is 0 Å². The topological polar surface area (TPSA) is 41.4 Å². The lowest BCUT2D eigenvalue weighted by Crippen LogP contribution is -2.48. The lowest BCUT2D eigenvalue weighted by Gasteiger charge is -2.34. The lowest BCUT2D eigenvalue weighted by atomic mass is 10.1. The highest BCUT2D eigenvalue weighted by molar-refractivity contribution is 9.10. The van der Waals surface area contributed by atoms with Crippen LogP contribution in [0.2, 0.25) is 0 Å². The Labute approximate surface area is 153 Å². The van der Waals surface area contributed by atoms with Crippen LogP contribution in [0.4, 0.5) is 8.78 Å². The Bertz CT molecular complexity index is 772. The molecule has 0 atom stereocenters. The van der Waals surface area contributed by atoms with Crippen LogP contribution in [-0.4, -0.2) is 51.7 Å². The van der Waals surface area contributed by atoms with E-state index in [9.17, 15) is 13.6 Å². The van der Waals surface area contributed by atoms with E-state index in [1.807, 2.05) is 11.8 Å². The van der Waals surface area contributed by atoms with Crippen molar-refractivity contribution in [3.05, 3.63) is 51.8 Å². The van der Waals surface area contributed by atoms with Crippen LogP contribution in [-0.2, 0) is 13.1 Å². The molecule has 5 nitrogen and oxygen atoms in total. The molecular formula is C17H19BrF2N4O. The van der Waals surface area contributed by atoms with Crippen LogP contribution < -0.4 is 0 Å². The minimum Gasteiger partial charge on any atom is -0.335 e. The third kappa shape index (κ3) is 3.74. The molecule has 2 aromatic rings. The number of hydrogen-bond acceptors (Lipinski definition) is 3. The van der Waals surface area contributed by atoms with Crippen LogP contribution in [0.1, 0.15) is 23.0 Å². The number of benzene rings is 1. The molecule has 2 heterocycles. The fourth-order valence-corrected chi connectivity index (χ4v) is 3.45. The molecule has 0 spiro atoms. The molecule has 1 fully saturated rings. The molecule has 0 bridgehead atoms. The average Bonchev–Trinajstić information content (AvgIpc) is 2.99. The largest absolute Gasteiger partial charge is 0.335 e. The highest BCUT2D eigenvalue weighted by Gasteiger charge is 2.26. The maximum absolute atomic E-state index is 13.8. The number of rotatable bonds is 4. The summed E-state index contributed by atoms with van der Waals surface area (Å²) in [5.74, 6) is -1.69. The summed E-state index contributed by atoms with van der Waals surface area (Å²) in [6.07, 6.45) is 1.62. The number of halogens is 3. The second-order valence-electron chi connectivity index (χ2n) is 5.94. The maximum atomic E-state index is 13.8. The molecule has 0 saturated carbocycles. The molecule has 1 aromatic heterocycles. The maximum Gasteiger partial charge on any atom is 0.273 e. The Morgan fingerprint density at radius 3 is 2.64 bits per heavy atom. The van der Waals surface area contributed by atoms with Gasteiger partial charge in [-0.05, 0) is 28.9 Å². The van der Waals surface area contributed by atoms with Crippen LogP contribution in [0.3, 0.4) is 0 Å². The molecule has 1 amide bonds. The van der Waals surface area contributed by atoms with Crippen molar-refractivity contribution in [1.29, 1.82) is 0 Å². The quantitative estimate of drug-likeness (QED) is 0.774. The van der Waals surface area contributed by atoms with E-state index in [-0.39, 0.29) is 5.91 Å². The van der Waals surface area contributed by atoms with Gasteiger partial charge in [0.2, 0.25) is 0 Å². The second-order valence-corrected chi connectivity index (χ2v) is 6.79.